The van der Waals surface area contributed by atoms with E-state index >= 15 is 0 Å². The van der Waals surface area contributed by atoms with E-state index in [1.807, 2.05) is 12.4 Å². The highest BCUT2D eigenvalue weighted by atomic mass is 16.5. The monoisotopic (exact) mass is 309 g/mol. The molecule has 3 rings (SSSR count). The first-order valence-electron chi connectivity index (χ1n) is 8.40. The Bertz CT molecular complexity index is 420. The summed E-state index contributed by atoms with van der Waals surface area (Å²) < 4.78 is 11.1. The van der Waals surface area contributed by atoms with Gasteiger partial charge in [0.05, 0.1) is 25.4 Å². The molecule has 2 aliphatic heterocycles. The molecule has 2 fully saturated rings. The van der Waals surface area contributed by atoms with E-state index in [-0.39, 0.29) is 6.10 Å². The third-order valence-corrected chi connectivity index (χ3v) is 4.52. The van der Waals surface area contributed by atoms with Crippen LogP contribution in [0.25, 0.3) is 0 Å². The fraction of sp³-hybridized carbons (Fsp3) is 0.812. The number of nitrogens with one attached hydrogen (secondary N) is 1. The standard InChI is InChI=1S/C16H27N3O3/c20-14(11-21-12-15-4-2-8-22-15)10-19-7-1-3-13(9-19)16-17-5-6-18-16/h5-6,13-15,20H,1-4,7-12H2,(H,17,18)/t13-,14-,15+/m0/s1. The third-order valence-electron chi connectivity index (χ3n) is 4.52. The van der Waals surface area contributed by atoms with Gasteiger partial charge in [-0.25, -0.2) is 4.98 Å². The summed E-state index contributed by atoms with van der Waals surface area (Å²) in [6, 6.07) is 0. The van der Waals surface area contributed by atoms with Gasteiger partial charge in [0.2, 0.25) is 0 Å². The minimum Gasteiger partial charge on any atom is -0.389 e. The topological polar surface area (TPSA) is 70.6 Å². The summed E-state index contributed by atoms with van der Waals surface area (Å²) in [5, 5.41) is 10.2. The molecule has 2 aliphatic rings. The second-order valence-corrected chi connectivity index (χ2v) is 6.40. The first-order chi connectivity index (χ1) is 10.8. The number of imidazole rings is 1. The molecule has 124 valence electrons. The molecular formula is C16H27N3O3. The average Bonchev–Trinajstić information content (AvgIpc) is 3.21. The zero-order chi connectivity index (χ0) is 15.2. The molecule has 0 aromatic carbocycles. The molecule has 1 aromatic heterocycles. The number of aromatic amines is 1. The number of β-amino-alcohol motifs (C(OH)–C–C–N with tert-alkyl or cyclic N) is 1. The lowest BCUT2D eigenvalue weighted by atomic mass is 9.97. The molecule has 3 heterocycles. The maximum Gasteiger partial charge on any atom is 0.110 e. The lowest BCUT2D eigenvalue weighted by Gasteiger charge is -2.33. The second-order valence-electron chi connectivity index (χ2n) is 6.40. The van der Waals surface area contributed by atoms with Crippen LogP contribution in [0.3, 0.4) is 0 Å². The number of hydrogen-bond acceptors (Lipinski definition) is 5. The van der Waals surface area contributed by atoms with E-state index < -0.39 is 6.10 Å². The Hall–Kier alpha value is -0.950. The van der Waals surface area contributed by atoms with E-state index in [9.17, 15) is 5.11 Å². The number of rotatable bonds is 7. The molecular weight excluding hydrogens is 282 g/mol. The molecule has 0 aliphatic carbocycles. The average molecular weight is 309 g/mol. The van der Waals surface area contributed by atoms with Crippen molar-refractivity contribution >= 4 is 0 Å². The second kappa shape index (κ2) is 8.06. The molecule has 1 aromatic rings. The van der Waals surface area contributed by atoms with Gasteiger partial charge < -0.3 is 19.6 Å². The Kier molecular flexibility index (Phi) is 5.83. The van der Waals surface area contributed by atoms with Crippen LogP contribution in [0.4, 0.5) is 0 Å². The Labute approximate surface area is 131 Å². The van der Waals surface area contributed by atoms with E-state index in [4.69, 9.17) is 9.47 Å². The van der Waals surface area contributed by atoms with Gasteiger partial charge in [0.1, 0.15) is 5.82 Å². The van der Waals surface area contributed by atoms with Crippen molar-refractivity contribution < 1.29 is 14.6 Å². The van der Waals surface area contributed by atoms with Crippen molar-refractivity contribution in [2.45, 2.75) is 43.8 Å². The lowest BCUT2D eigenvalue weighted by molar-refractivity contribution is -0.0270. The van der Waals surface area contributed by atoms with Crippen molar-refractivity contribution in [1.82, 2.24) is 14.9 Å². The van der Waals surface area contributed by atoms with Gasteiger partial charge in [-0.2, -0.15) is 0 Å². The van der Waals surface area contributed by atoms with Crippen LogP contribution < -0.4 is 0 Å². The molecule has 6 nitrogen and oxygen atoms in total. The summed E-state index contributed by atoms with van der Waals surface area (Å²) in [6.07, 6.45) is 7.99. The fourth-order valence-corrected chi connectivity index (χ4v) is 3.41. The van der Waals surface area contributed by atoms with Crippen LogP contribution in [0, 0.1) is 0 Å². The van der Waals surface area contributed by atoms with E-state index in [0.717, 1.165) is 51.2 Å². The van der Waals surface area contributed by atoms with Gasteiger partial charge in [0.25, 0.3) is 0 Å². The zero-order valence-electron chi connectivity index (χ0n) is 13.1. The molecule has 6 heteroatoms. The van der Waals surface area contributed by atoms with Crippen molar-refractivity contribution in [2.24, 2.45) is 0 Å². The number of ether oxygens (including phenoxy) is 2. The maximum atomic E-state index is 10.2. The summed E-state index contributed by atoms with van der Waals surface area (Å²) in [5.41, 5.74) is 0. The summed E-state index contributed by atoms with van der Waals surface area (Å²) in [7, 11) is 0. The first kappa shape index (κ1) is 15.9. The minimum atomic E-state index is -0.434. The van der Waals surface area contributed by atoms with Crippen LogP contribution in [-0.2, 0) is 9.47 Å². The summed E-state index contributed by atoms with van der Waals surface area (Å²) in [6.45, 7) is 4.51. The molecule has 3 atom stereocenters. The van der Waals surface area contributed by atoms with Crippen LogP contribution in [0.2, 0.25) is 0 Å². The van der Waals surface area contributed by atoms with Gasteiger partial charge in [-0.3, -0.25) is 4.90 Å². The molecule has 0 radical (unpaired) electrons. The Morgan fingerprint density at radius 2 is 2.41 bits per heavy atom. The highest BCUT2D eigenvalue weighted by Gasteiger charge is 2.24. The molecule has 2 saturated heterocycles. The molecule has 0 unspecified atom stereocenters. The van der Waals surface area contributed by atoms with Gasteiger partial charge >= 0.3 is 0 Å². The smallest absolute Gasteiger partial charge is 0.110 e. The fourth-order valence-electron chi connectivity index (χ4n) is 3.41. The SMILES string of the molecule is O[C@H](COC[C@H]1CCCO1)CN1CCC[C@H](c2ncc[nH]2)C1. The van der Waals surface area contributed by atoms with Crippen LogP contribution in [0.15, 0.2) is 12.4 Å². The van der Waals surface area contributed by atoms with Gasteiger partial charge in [0, 0.05) is 38.0 Å². The van der Waals surface area contributed by atoms with Crippen molar-refractivity contribution in [2.75, 3.05) is 39.5 Å². The molecule has 0 saturated carbocycles. The van der Waals surface area contributed by atoms with Gasteiger partial charge in [-0.1, -0.05) is 0 Å². The minimum absolute atomic E-state index is 0.227. The highest BCUT2D eigenvalue weighted by Crippen LogP contribution is 2.24. The number of nitrogens with zero attached hydrogens (tertiary/aromatic N) is 2. The van der Waals surface area contributed by atoms with Gasteiger partial charge in [-0.15, -0.1) is 0 Å². The largest absolute Gasteiger partial charge is 0.389 e. The van der Waals surface area contributed by atoms with Crippen molar-refractivity contribution in [3.05, 3.63) is 18.2 Å². The Balaban J connectivity index is 1.36. The number of hydrogen-bond donors (Lipinski definition) is 2. The van der Waals surface area contributed by atoms with E-state index in [0.29, 0.717) is 25.7 Å². The van der Waals surface area contributed by atoms with Crippen LogP contribution in [0.5, 0.6) is 0 Å². The zero-order valence-corrected chi connectivity index (χ0v) is 13.1. The van der Waals surface area contributed by atoms with Crippen molar-refractivity contribution in [1.29, 1.82) is 0 Å². The third kappa shape index (κ3) is 4.52. The first-order valence-corrected chi connectivity index (χ1v) is 8.40. The van der Waals surface area contributed by atoms with Crippen LogP contribution >= 0.6 is 0 Å². The summed E-state index contributed by atoms with van der Waals surface area (Å²) in [5.74, 6) is 1.51. The van der Waals surface area contributed by atoms with Gasteiger partial charge in [-0.05, 0) is 32.2 Å². The normalized spacial score (nSPS) is 28.0. The maximum absolute atomic E-state index is 10.2. The number of piperidine rings is 1. The molecule has 0 spiro atoms. The lowest BCUT2D eigenvalue weighted by Crippen LogP contribution is -2.41. The van der Waals surface area contributed by atoms with E-state index in [1.54, 1.807) is 0 Å². The van der Waals surface area contributed by atoms with Crippen molar-refractivity contribution in [3.8, 4) is 0 Å². The van der Waals surface area contributed by atoms with E-state index in [2.05, 4.69) is 14.9 Å². The number of H-pyrrole nitrogens is 1. The Morgan fingerprint density at radius 3 is 3.18 bits per heavy atom. The predicted octanol–water partition coefficient (Wildman–Crippen LogP) is 1.15. The Morgan fingerprint density at radius 1 is 1.45 bits per heavy atom. The van der Waals surface area contributed by atoms with E-state index in [1.165, 1.54) is 0 Å². The number of likely N-dealkylation sites (tertiary alicyclic amines) is 1. The number of aliphatic hydroxyl groups is 1. The van der Waals surface area contributed by atoms with Crippen LogP contribution in [0.1, 0.15) is 37.4 Å². The quantitative estimate of drug-likeness (QED) is 0.790. The number of aromatic nitrogens is 2. The summed E-state index contributed by atoms with van der Waals surface area (Å²) >= 11 is 0. The number of aliphatic hydroxyl groups excluding tert-OH is 1. The highest BCUT2D eigenvalue weighted by molar-refractivity contribution is 4.99. The predicted molar refractivity (Wildman–Crippen MR) is 82.8 cm³/mol. The van der Waals surface area contributed by atoms with Crippen LogP contribution in [-0.4, -0.2) is 71.6 Å². The molecule has 2 N–H and O–H groups in total. The summed E-state index contributed by atoms with van der Waals surface area (Å²) in [4.78, 5) is 9.89. The molecule has 0 amide bonds. The van der Waals surface area contributed by atoms with Gasteiger partial charge in [0.15, 0.2) is 0 Å². The molecule has 22 heavy (non-hydrogen) atoms. The molecule has 0 bridgehead atoms. The van der Waals surface area contributed by atoms with Crippen molar-refractivity contribution in [3.63, 3.8) is 0 Å².